The Morgan fingerprint density at radius 3 is 2.29 bits per heavy atom. The van der Waals surface area contributed by atoms with Crippen LogP contribution in [0, 0.1) is 13.8 Å². The fourth-order valence-electron chi connectivity index (χ4n) is 3.34. The molecule has 1 N–H and O–H groups in total. The molecular formula is C18H29NO2. The van der Waals surface area contributed by atoms with Gasteiger partial charge in [-0.3, -0.25) is 4.90 Å². The van der Waals surface area contributed by atoms with Crippen LogP contribution in [0.25, 0.3) is 0 Å². The standard InChI is InChI=1S/C18H29NO2/c1-13-8-14(2)10-18(9-13)21-12-17(20)11-19-15(3)6-5-7-16(19)4/h8-10,15-17,20H,5-7,11-12H2,1-4H3/t15-,16-,17+/m0/s1. The first-order valence-corrected chi connectivity index (χ1v) is 8.10. The average molecular weight is 291 g/mol. The van der Waals surface area contributed by atoms with Crippen LogP contribution in [-0.2, 0) is 0 Å². The average Bonchev–Trinajstić information content (AvgIpc) is 2.40. The van der Waals surface area contributed by atoms with Crippen LogP contribution in [0.4, 0.5) is 0 Å². The van der Waals surface area contributed by atoms with E-state index in [2.05, 4.69) is 38.7 Å². The van der Waals surface area contributed by atoms with Gasteiger partial charge < -0.3 is 9.84 Å². The molecule has 1 aromatic rings. The fourth-order valence-corrected chi connectivity index (χ4v) is 3.34. The van der Waals surface area contributed by atoms with E-state index in [1.54, 1.807) is 0 Å². The summed E-state index contributed by atoms with van der Waals surface area (Å²) in [6.07, 6.45) is 3.33. The van der Waals surface area contributed by atoms with E-state index in [4.69, 9.17) is 4.74 Å². The minimum absolute atomic E-state index is 0.360. The fraction of sp³-hybridized carbons (Fsp3) is 0.667. The van der Waals surface area contributed by atoms with Crippen LogP contribution in [0.5, 0.6) is 5.75 Å². The molecule has 3 heteroatoms. The molecule has 1 aliphatic heterocycles. The van der Waals surface area contributed by atoms with Crippen molar-refractivity contribution in [3.05, 3.63) is 29.3 Å². The second-order valence-corrected chi connectivity index (χ2v) is 6.61. The van der Waals surface area contributed by atoms with Crippen molar-refractivity contribution in [1.29, 1.82) is 0 Å². The number of hydrogen-bond donors (Lipinski definition) is 1. The topological polar surface area (TPSA) is 32.7 Å². The molecule has 1 aliphatic rings. The highest BCUT2D eigenvalue weighted by Gasteiger charge is 2.26. The molecule has 1 heterocycles. The number of aliphatic hydroxyl groups is 1. The summed E-state index contributed by atoms with van der Waals surface area (Å²) in [7, 11) is 0. The lowest BCUT2D eigenvalue weighted by molar-refractivity contribution is 0.0208. The highest BCUT2D eigenvalue weighted by atomic mass is 16.5. The van der Waals surface area contributed by atoms with Gasteiger partial charge in [0.2, 0.25) is 0 Å². The van der Waals surface area contributed by atoms with E-state index in [-0.39, 0.29) is 0 Å². The Morgan fingerprint density at radius 1 is 1.14 bits per heavy atom. The van der Waals surface area contributed by atoms with Crippen LogP contribution in [0.1, 0.15) is 44.2 Å². The molecule has 1 aromatic carbocycles. The van der Waals surface area contributed by atoms with Crippen LogP contribution in [0.15, 0.2) is 18.2 Å². The molecule has 118 valence electrons. The maximum Gasteiger partial charge on any atom is 0.119 e. The van der Waals surface area contributed by atoms with Gasteiger partial charge >= 0.3 is 0 Å². The molecule has 0 aliphatic carbocycles. The number of ether oxygens (including phenoxy) is 1. The number of piperidine rings is 1. The maximum atomic E-state index is 10.3. The van der Waals surface area contributed by atoms with Crippen LogP contribution >= 0.6 is 0 Å². The third kappa shape index (κ3) is 4.72. The molecule has 2 rings (SSSR count). The summed E-state index contributed by atoms with van der Waals surface area (Å²) in [6.45, 7) is 9.70. The SMILES string of the molecule is Cc1cc(C)cc(OC[C@H](O)CN2[C@@H](C)CCC[C@@H]2C)c1. The van der Waals surface area contributed by atoms with Crippen LogP contribution in [0.3, 0.4) is 0 Å². The molecule has 0 aromatic heterocycles. The first-order chi connectivity index (χ1) is 9.95. The summed E-state index contributed by atoms with van der Waals surface area (Å²) >= 11 is 0. The summed E-state index contributed by atoms with van der Waals surface area (Å²) in [4.78, 5) is 2.42. The van der Waals surface area contributed by atoms with Crippen LogP contribution in [-0.4, -0.2) is 41.3 Å². The van der Waals surface area contributed by atoms with E-state index in [1.807, 2.05) is 12.1 Å². The lowest BCUT2D eigenvalue weighted by Crippen LogP contribution is -2.48. The van der Waals surface area contributed by atoms with E-state index in [1.165, 1.54) is 30.4 Å². The predicted octanol–water partition coefficient (Wildman–Crippen LogP) is 3.31. The number of likely N-dealkylation sites (tertiary alicyclic amines) is 1. The third-order valence-electron chi connectivity index (χ3n) is 4.44. The van der Waals surface area contributed by atoms with Gasteiger partial charge in [-0.1, -0.05) is 12.5 Å². The molecular weight excluding hydrogens is 262 g/mol. The quantitative estimate of drug-likeness (QED) is 0.903. The molecule has 3 atom stereocenters. The van der Waals surface area contributed by atoms with Gasteiger partial charge in [-0.15, -0.1) is 0 Å². The Hall–Kier alpha value is -1.06. The second kappa shape index (κ2) is 7.28. The molecule has 0 amide bonds. The van der Waals surface area contributed by atoms with Crippen molar-refractivity contribution in [2.45, 2.75) is 65.1 Å². The van der Waals surface area contributed by atoms with Crippen molar-refractivity contribution in [3.63, 3.8) is 0 Å². The van der Waals surface area contributed by atoms with Gasteiger partial charge in [0.05, 0.1) is 0 Å². The molecule has 1 saturated heterocycles. The van der Waals surface area contributed by atoms with Gasteiger partial charge in [0.1, 0.15) is 18.5 Å². The molecule has 0 spiro atoms. The van der Waals surface area contributed by atoms with E-state index in [9.17, 15) is 5.11 Å². The minimum Gasteiger partial charge on any atom is -0.491 e. The van der Waals surface area contributed by atoms with Crippen molar-refractivity contribution >= 4 is 0 Å². The Bertz CT molecular complexity index is 430. The van der Waals surface area contributed by atoms with E-state index >= 15 is 0 Å². The van der Waals surface area contributed by atoms with Crippen molar-refractivity contribution < 1.29 is 9.84 Å². The Kier molecular flexibility index (Phi) is 5.65. The molecule has 21 heavy (non-hydrogen) atoms. The Morgan fingerprint density at radius 2 is 1.71 bits per heavy atom. The van der Waals surface area contributed by atoms with Gasteiger partial charge in [-0.25, -0.2) is 0 Å². The smallest absolute Gasteiger partial charge is 0.119 e. The minimum atomic E-state index is -0.436. The molecule has 0 saturated carbocycles. The van der Waals surface area contributed by atoms with Gasteiger partial charge in [-0.2, -0.15) is 0 Å². The normalized spacial score (nSPS) is 24.8. The van der Waals surface area contributed by atoms with Gasteiger partial charge in [-0.05, 0) is 63.8 Å². The summed E-state index contributed by atoms with van der Waals surface area (Å²) in [5, 5.41) is 10.3. The van der Waals surface area contributed by atoms with Crippen LogP contribution in [0.2, 0.25) is 0 Å². The molecule has 0 unspecified atom stereocenters. The maximum absolute atomic E-state index is 10.3. The predicted molar refractivity (Wildman–Crippen MR) is 86.9 cm³/mol. The molecule has 1 fully saturated rings. The van der Waals surface area contributed by atoms with E-state index < -0.39 is 6.10 Å². The number of rotatable bonds is 5. The number of β-amino-alcohol motifs (C(OH)–C–C–N with tert-alkyl or cyclic N) is 1. The number of nitrogens with zero attached hydrogens (tertiary/aromatic N) is 1. The lowest BCUT2D eigenvalue weighted by Gasteiger charge is -2.40. The molecule has 3 nitrogen and oxygen atoms in total. The summed E-state index contributed by atoms with van der Waals surface area (Å²) in [6, 6.07) is 7.28. The highest BCUT2D eigenvalue weighted by Crippen LogP contribution is 2.23. The zero-order chi connectivity index (χ0) is 15.4. The van der Waals surface area contributed by atoms with Gasteiger partial charge in [0.25, 0.3) is 0 Å². The Balaban J connectivity index is 1.85. The van der Waals surface area contributed by atoms with Crippen molar-refractivity contribution in [1.82, 2.24) is 4.90 Å². The van der Waals surface area contributed by atoms with Crippen molar-refractivity contribution in [3.8, 4) is 5.75 Å². The zero-order valence-corrected chi connectivity index (χ0v) is 13.8. The lowest BCUT2D eigenvalue weighted by atomic mass is 9.97. The largest absolute Gasteiger partial charge is 0.491 e. The van der Waals surface area contributed by atoms with E-state index in [0.717, 1.165) is 5.75 Å². The van der Waals surface area contributed by atoms with Crippen LogP contribution < -0.4 is 4.74 Å². The number of benzene rings is 1. The number of aryl methyl sites for hydroxylation is 2. The van der Waals surface area contributed by atoms with E-state index in [0.29, 0.717) is 25.2 Å². The van der Waals surface area contributed by atoms with Crippen molar-refractivity contribution in [2.75, 3.05) is 13.2 Å². The summed E-state index contributed by atoms with van der Waals surface area (Å²) in [5.74, 6) is 0.853. The van der Waals surface area contributed by atoms with Gasteiger partial charge in [0, 0.05) is 18.6 Å². The molecule has 0 bridgehead atoms. The third-order valence-corrected chi connectivity index (χ3v) is 4.44. The number of hydrogen-bond acceptors (Lipinski definition) is 3. The first kappa shape index (κ1) is 16.3. The first-order valence-electron chi connectivity index (χ1n) is 8.10. The van der Waals surface area contributed by atoms with Crippen molar-refractivity contribution in [2.24, 2.45) is 0 Å². The summed E-state index contributed by atoms with van der Waals surface area (Å²) < 4.78 is 5.76. The summed E-state index contributed by atoms with van der Waals surface area (Å²) in [5.41, 5.74) is 2.38. The monoisotopic (exact) mass is 291 g/mol. The van der Waals surface area contributed by atoms with Gasteiger partial charge in [0.15, 0.2) is 0 Å². The Labute approximate surface area is 128 Å². The number of aliphatic hydroxyl groups excluding tert-OH is 1. The molecule has 0 radical (unpaired) electrons. The highest BCUT2D eigenvalue weighted by molar-refractivity contribution is 5.32. The second-order valence-electron chi connectivity index (χ2n) is 6.61. The zero-order valence-electron chi connectivity index (χ0n) is 13.8.